The van der Waals surface area contributed by atoms with Crippen molar-refractivity contribution in [3.63, 3.8) is 0 Å². The van der Waals surface area contributed by atoms with Gasteiger partial charge in [0.2, 0.25) is 10.0 Å². The summed E-state index contributed by atoms with van der Waals surface area (Å²) in [5.41, 5.74) is 0.200. The quantitative estimate of drug-likeness (QED) is 0.688. The predicted molar refractivity (Wildman–Crippen MR) is 69.7 cm³/mol. The second kappa shape index (κ2) is 5.40. The van der Waals surface area contributed by atoms with Crippen molar-refractivity contribution in [3.05, 3.63) is 18.0 Å². The molecule has 0 radical (unpaired) electrons. The third kappa shape index (κ3) is 3.55. The molecule has 3 N–H and O–H groups in total. The number of hydrogen-bond acceptors (Lipinski definition) is 4. The largest absolute Gasteiger partial charge is 0.390 e. The molecule has 0 unspecified atom stereocenters. The first-order valence-corrected chi connectivity index (χ1v) is 7.12. The minimum absolute atomic E-state index is 0.140. The fraction of sp³-hybridized carbons (Fsp3) is 0.636. The minimum atomic E-state index is -3.54. The molecule has 0 aliphatic rings. The van der Waals surface area contributed by atoms with Crippen molar-refractivity contribution in [2.75, 3.05) is 20.6 Å². The van der Waals surface area contributed by atoms with E-state index in [2.05, 4.69) is 9.71 Å². The summed E-state index contributed by atoms with van der Waals surface area (Å²) < 4.78 is 26.6. The van der Waals surface area contributed by atoms with Gasteiger partial charge in [-0.25, -0.2) is 13.1 Å². The number of aromatic amines is 1. The Morgan fingerprint density at radius 3 is 2.50 bits per heavy atom. The van der Waals surface area contributed by atoms with Gasteiger partial charge >= 0.3 is 0 Å². The van der Waals surface area contributed by atoms with Crippen LogP contribution in [0.5, 0.6) is 0 Å². The van der Waals surface area contributed by atoms with E-state index >= 15 is 0 Å². The van der Waals surface area contributed by atoms with E-state index in [9.17, 15) is 8.42 Å². The lowest BCUT2D eigenvalue weighted by molar-refractivity contribution is 0.199. The molecule has 0 aromatic carbocycles. The Hall–Kier alpha value is -0.890. The van der Waals surface area contributed by atoms with Gasteiger partial charge in [-0.1, -0.05) is 0 Å². The zero-order valence-corrected chi connectivity index (χ0v) is 12.0. The number of nitrogens with zero attached hydrogens (tertiary/aromatic N) is 1. The Kier molecular flexibility index (Phi) is 4.55. The molecule has 6 nitrogen and oxygen atoms in total. The first-order chi connectivity index (χ1) is 8.19. The molecule has 0 bridgehead atoms. The van der Waals surface area contributed by atoms with E-state index in [4.69, 9.17) is 5.11 Å². The van der Waals surface area contributed by atoms with Gasteiger partial charge in [0.15, 0.2) is 0 Å². The molecule has 0 aliphatic heterocycles. The van der Waals surface area contributed by atoms with Gasteiger partial charge in [0, 0.05) is 24.0 Å². The van der Waals surface area contributed by atoms with Crippen LogP contribution in [0.1, 0.15) is 19.5 Å². The molecule has 0 spiro atoms. The summed E-state index contributed by atoms with van der Waals surface area (Å²) in [5, 5.41) is 8.90. The average Bonchev–Trinajstić information content (AvgIpc) is 2.75. The molecule has 1 rings (SSSR count). The number of nitrogens with one attached hydrogen (secondary N) is 2. The van der Waals surface area contributed by atoms with E-state index in [1.54, 1.807) is 0 Å². The molecule has 0 saturated carbocycles. The molecule has 1 heterocycles. The summed E-state index contributed by atoms with van der Waals surface area (Å²) >= 11 is 0. The van der Waals surface area contributed by atoms with Crippen molar-refractivity contribution in [2.45, 2.75) is 30.9 Å². The second-order valence-corrected chi connectivity index (χ2v) is 6.82. The number of sulfonamides is 1. The molecule has 7 heteroatoms. The second-order valence-electron chi connectivity index (χ2n) is 5.05. The monoisotopic (exact) mass is 275 g/mol. The highest BCUT2D eigenvalue weighted by atomic mass is 32.2. The molecule has 0 amide bonds. The van der Waals surface area contributed by atoms with Crippen LogP contribution in [0.2, 0.25) is 0 Å². The van der Waals surface area contributed by atoms with Crippen molar-refractivity contribution >= 4 is 10.0 Å². The van der Waals surface area contributed by atoms with E-state index < -0.39 is 10.0 Å². The Bertz CT molecular complexity index is 491. The van der Waals surface area contributed by atoms with Gasteiger partial charge in [0.25, 0.3) is 0 Å². The van der Waals surface area contributed by atoms with Gasteiger partial charge in [-0.2, -0.15) is 0 Å². The lowest BCUT2D eigenvalue weighted by Gasteiger charge is -2.32. The highest BCUT2D eigenvalue weighted by Crippen LogP contribution is 2.13. The van der Waals surface area contributed by atoms with Gasteiger partial charge in [-0.3, -0.25) is 0 Å². The Morgan fingerprint density at radius 1 is 1.44 bits per heavy atom. The number of likely N-dealkylation sites (N-methyl/N-ethyl adjacent to an activating group) is 1. The van der Waals surface area contributed by atoms with Gasteiger partial charge in [-0.15, -0.1) is 0 Å². The fourth-order valence-electron chi connectivity index (χ4n) is 1.18. The molecule has 0 atom stereocenters. The van der Waals surface area contributed by atoms with E-state index in [1.165, 1.54) is 12.3 Å². The van der Waals surface area contributed by atoms with Crippen molar-refractivity contribution in [3.8, 4) is 0 Å². The maximum absolute atomic E-state index is 12.0. The molecule has 1 aromatic rings. The lowest BCUT2D eigenvalue weighted by Crippen LogP contribution is -2.48. The van der Waals surface area contributed by atoms with E-state index in [0.29, 0.717) is 12.2 Å². The Labute approximate surface area is 108 Å². The summed E-state index contributed by atoms with van der Waals surface area (Å²) in [7, 11) is 0.259. The number of aromatic nitrogens is 1. The van der Waals surface area contributed by atoms with Crippen molar-refractivity contribution < 1.29 is 13.5 Å². The summed E-state index contributed by atoms with van der Waals surface area (Å²) in [5.74, 6) is 0. The van der Waals surface area contributed by atoms with Crippen LogP contribution in [0.3, 0.4) is 0 Å². The summed E-state index contributed by atoms with van der Waals surface area (Å²) in [6.07, 6.45) is 1.37. The molecular formula is C11H21N3O3S. The number of hydrogen-bond donors (Lipinski definition) is 3. The van der Waals surface area contributed by atoms with E-state index in [-0.39, 0.29) is 17.0 Å². The van der Waals surface area contributed by atoms with Crippen LogP contribution in [-0.4, -0.2) is 49.6 Å². The first-order valence-electron chi connectivity index (χ1n) is 5.64. The van der Waals surface area contributed by atoms with Crippen LogP contribution in [0.25, 0.3) is 0 Å². The topological polar surface area (TPSA) is 85.4 Å². The Balaban J connectivity index is 2.77. The van der Waals surface area contributed by atoms with E-state index in [0.717, 1.165) is 0 Å². The molecule has 0 fully saturated rings. The Morgan fingerprint density at radius 2 is 2.06 bits per heavy atom. The highest BCUT2D eigenvalue weighted by molar-refractivity contribution is 7.89. The molecule has 1 aromatic heterocycles. The number of aliphatic hydroxyl groups excluding tert-OH is 1. The maximum atomic E-state index is 12.0. The van der Waals surface area contributed by atoms with Gasteiger partial charge < -0.3 is 15.0 Å². The molecule has 0 saturated heterocycles. The smallest absolute Gasteiger partial charge is 0.242 e. The van der Waals surface area contributed by atoms with Crippen LogP contribution < -0.4 is 4.72 Å². The molecule has 104 valence electrons. The van der Waals surface area contributed by atoms with E-state index in [1.807, 2.05) is 32.8 Å². The fourth-order valence-corrected chi connectivity index (χ4v) is 2.40. The summed E-state index contributed by atoms with van der Waals surface area (Å²) in [6.45, 7) is 4.00. The molecule has 0 aliphatic carbocycles. The van der Waals surface area contributed by atoms with Crippen molar-refractivity contribution in [2.24, 2.45) is 0 Å². The highest BCUT2D eigenvalue weighted by Gasteiger charge is 2.24. The van der Waals surface area contributed by atoms with Crippen molar-refractivity contribution in [1.82, 2.24) is 14.6 Å². The number of H-pyrrole nitrogens is 1. The SMILES string of the molecule is CN(C)C(C)(C)CNS(=O)(=O)c1c[nH]c(CO)c1. The van der Waals surface area contributed by atoms with Crippen LogP contribution in [0.15, 0.2) is 17.2 Å². The van der Waals surface area contributed by atoms with Gasteiger partial charge in [0.05, 0.1) is 11.5 Å². The zero-order chi connectivity index (χ0) is 14.0. The van der Waals surface area contributed by atoms with Crippen LogP contribution in [0, 0.1) is 0 Å². The molecule has 18 heavy (non-hydrogen) atoms. The predicted octanol–water partition coefficient (Wildman–Crippen LogP) is 0.126. The molecular weight excluding hydrogens is 254 g/mol. The van der Waals surface area contributed by atoms with Crippen LogP contribution >= 0.6 is 0 Å². The van der Waals surface area contributed by atoms with Crippen molar-refractivity contribution in [1.29, 1.82) is 0 Å². The first kappa shape index (κ1) is 15.2. The third-order valence-corrected chi connectivity index (χ3v) is 4.48. The van der Waals surface area contributed by atoms with Gasteiger partial charge in [0.1, 0.15) is 0 Å². The standard InChI is InChI=1S/C11H21N3O3S/c1-11(2,14(3)4)8-13-18(16,17)10-5-9(7-15)12-6-10/h5-6,12-13,15H,7-8H2,1-4H3. The number of aliphatic hydroxyl groups is 1. The zero-order valence-electron chi connectivity index (χ0n) is 11.2. The van der Waals surface area contributed by atoms with Gasteiger partial charge in [-0.05, 0) is 34.0 Å². The summed E-state index contributed by atoms with van der Waals surface area (Å²) in [4.78, 5) is 4.79. The number of rotatable bonds is 6. The third-order valence-electron chi connectivity index (χ3n) is 3.10. The normalized spacial score (nSPS) is 13.2. The van der Waals surface area contributed by atoms with Crippen LogP contribution in [-0.2, 0) is 16.6 Å². The van der Waals surface area contributed by atoms with Crippen LogP contribution in [0.4, 0.5) is 0 Å². The maximum Gasteiger partial charge on any atom is 0.242 e. The summed E-state index contributed by atoms with van der Waals surface area (Å²) in [6, 6.07) is 1.42. The lowest BCUT2D eigenvalue weighted by atomic mass is 10.1. The minimum Gasteiger partial charge on any atom is -0.390 e. The average molecular weight is 275 g/mol.